The molecule has 47 heavy (non-hydrogen) atoms. The van der Waals surface area contributed by atoms with Crippen LogP contribution in [0.15, 0.2) is 121 Å². The first-order valence-corrected chi connectivity index (χ1v) is 15.1. The summed E-state index contributed by atoms with van der Waals surface area (Å²) in [5.41, 5.74) is 6.34. The summed E-state index contributed by atoms with van der Waals surface area (Å²) in [6.07, 6.45) is -6.60. The zero-order valence-corrected chi connectivity index (χ0v) is 26.2. The van der Waals surface area contributed by atoms with Crippen molar-refractivity contribution in [3.63, 3.8) is 0 Å². The number of alkyl halides is 1. The van der Waals surface area contributed by atoms with Crippen LogP contribution in [0.3, 0.4) is 0 Å². The minimum Gasteiger partial charge on any atom is -0.459 e. The number of amides is 1. The van der Waals surface area contributed by atoms with Crippen LogP contribution in [0.25, 0.3) is 0 Å². The van der Waals surface area contributed by atoms with E-state index in [9.17, 15) is 24.0 Å². The molecule has 0 spiro atoms. The maximum Gasteiger partial charge on any atom is 0.338 e. The summed E-state index contributed by atoms with van der Waals surface area (Å²) in [5, 5.41) is 0. The van der Waals surface area contributed by atoms with E-state index in [0.717, 1.165) is 0 Å². The van der Waals surface area contributed by atoms with Gasteiger partial charge in [-0.15, -0.1) is 0 Å². The summed E-state index contributed by atoms with van der Waals surface area (Å²) < 4.78 is 26.8. The molecule has 1 heterocycles. The van der Waals surface area contributed by atoms with Gasteiger partial charge in [0.1, 0.15) is 12.7 Å². The molecule has 0 bridgehead atoms. The highest BCUT2D eigenvalue weighted by Gasteiger charge is 2.62. The minimum absolute atomic E-state index is 0.0942. The standard InChI is InChI=1S/C35H28BrNO10/c36-35(34(37)42)29(46-33(41)25-19-11-4-12-20-25)28(45-32(40)24-17-9-3-10-18-24)27(44-31(39)23-15-7-2-8-16-23)26(47-35)21-43-30(38)22-13-5-1-6-14-22/h1-20,26-29H,21H2,(H2,37,42)/t26-,27-,28+,29-,35+/m1/s1. The molecule has 240 valence electrons. The number of nitrogens with two attached hydrogens (primary N) is 1. The molecule has 11 nitrogen and oxygen atoms in total. The van der Waals surface area contributed by atoms with Crippen LogP contribution in [0.5, 0.6) is 0 Å². The Morgan fingerprint density at radius 3 is 1.34 bits per heavy atom. The zero-order valence-electron chi connectivity index (χ0n) is 24.6. The van der Waals surface area contributed by atoms with E-state index in [1.165, 1.54) is 48.5 Å². The third-order valence-corrected chi connectivity index (χ3v) is 8.18. The average molecular weight is 703 g/mol. The highest BCUT2D eigenvalue weighted by molar-refractivity contribution is 9.10. The summed E-state index contributed by atoms with van der Waals surface area (Å²) in [6.45, 7) is -0.597. The number of esters is 4. The third-order valence-electron chi connectivity index (χ3n) is 7.15. The van der Waals surface area contributed by atoms with Crippen molar-refractivity contribution in [2.75, 3.05) is 6.61 Å². The lowest BCUT2D eigenvalue weighted by molar-refractivity contribution is -0.234. The average Bonchev–Trinajstić information content (AvgIpc) is 3.11. The topological polar surface area (TPSA) is 158 Å². The monoisotopic (exact) mass is 701 g/mol. The number of hydrogen-bond acceptors (Lipinski definition) is 10. The predicted octanol–water partition coefficient (Wildman–Crippen LogP) is 4.50. The Hall–Kier alpha value is -5.33. The van der Waals surface area contributed by atoms with Crippen LogP contribution in [0.2, 0.25) is 0 Å². The molecule has 1 fully saturated rings. The van der Waals surface area contributed by atoms with E-state index in [1.54, 1.807) is 72.8 Å². The highest BCUT2D eigenvalue weighted by atomic mass is 79.9. The zero-order chi connectivity index (χ0) is 33.4. The van der Waals surface area contributed by atoms with Gasteiger partial charge in [0.2, 0.25) is 4.51 Å². The number of hydrogen-bond donors (Lipinski definition) is 1. The Balaban J connectivity index is 1.57. The number of primary amides is 1. The summed E-state index contributed by atoms with van der Waals surface area (Å²) >= 11 is 3.20. The lowest BCUT2D eigenvalue weighted by Gasteiger charge is -2.47. The van der Waals surface area contributed by atoms with Crippen molar-refractivity contribution >= 4 is 45.7 Å². The van der Waals surface area contributed by atoms with E-state index in [1.807, 2.05) is 0 Å². The molecule has 12 heteroatoms. The van der Waals surface area contributed by atoms with Gasteiger partial charge in [0.15, 0.2) is 18.3 Å². The van der Waals surface area contributed by atoms with Gasteiger partial charge in [0, 0.05) is 0 Å². The molecule has 4 aromatic carbocycles. The summed E-state index contributed by atoms with van der Waals surface area (Å²) in [6, 6.07) is 31.6. The van der Waals surface area contributed by atoms with Gasteiger partial charge in [-0.25, -0.2) is 19.2 Å². The molecule has 4 aromatic rings. The molecule has 1 saturated heterocycles. The van der Waals surface area contributed by atoms with Crippen LogP contribution in [-0.4, -0.2) is 65.3 Å². The first-order chi connectivity index (χ1) is 22.7. The SMILES string of the molecule is NC(=O)[C@@]1(Br)O[C@H](COC(=O)c2ccccc2)[C@@H](OC(=O)c2ccccc2)[C@H](OC(=O)c2ccccc2)[C@H]1OC(=O)c1ccccc1. The first kappa shape index (κ1) is 33.0. The van der Waals surface area contributed by atoms with Gasteiger partial charge < -0.3 is 29.4 Å². The van der Waals surface area contributed by atoms with Crippen molar-refractivity contribution in [2.45, 2.75) is 28.9 Å². The molecule has 0 aromatic heterocycles. The van der Waals surface area contributed by atoms with E-state index >= 15 is 0 Å². The fourth-order valence-corrected chi connectivity index (χ4v) is 5.39. The van der Waals surface area contributed by atoms with E-state index in [0.29, 0.717) is 0 Å². The molecular formula is C35H28BrNO10. The largest absolute Gasteiger partial charge is 0.459 e. The van der Waals surface area contributed by atoms with Crippen molar-refractivity contribution in [1.29, 1.82) is 0 Å². The number of carbonyl (C=O) groups is 5. The molecule has 1 aliphatic rings. The fourth-order valence-electron chi connectivity index (χ4n) is 4.80. The minimum atomic E-state index is -2.35. The van der Waals surface area contributed by atoms with Gasteiger partial charge in [-0.1, -0.05) is 72.8 Å². The fraction of sp³-hybridized carbons (Fsp3) is 0.171. The smallest absolute Gasteiger partial charge is 0.338 e. The van der Waals surface area contributed by atoms with Gasteiger partial charge in [0.25, 0.3) is 5.91 Å². The van der Waals surface area contributed by atoms with E-state index < -0.39 is 65.3 Å². The van der Waals surface area contributed by atoms with Crippen LogP contribution >= 0.6 is 15.9 Å². The van der Waals surface area contributed by atoms with Gasteiger partial charge in [-0.3, -0.25) is 4.79 Å². The number of ether oxygens (including phenoxy) is 5. The second-order valence-corrected chi connectivity index (χ2v) is 11.5. The summed E-state index contributed by atoms with van der Waals surface area (Å²) in [4.78, 5) is 66.2. The number of benzene rings is 4. The molecule has 0 aliphatic carbocycles. The Labute approximate surface area is 277 Å². The number of rotatable bonds is 10. The Kier molecular flexibility index (Phi) is 10.4. The first-order valence-electron chi connectivity index (χ1n) is 14.3. The van der Waals surface area contributed by atoms with Crippen molar-refractivity contribution in [3.8, 4) is 0 Å². The molecule has 2 N–H and O–H groups in total. The number of carbonyl (C=O) groups excluding carboxylic acids is 5. The maximum atomic E-state index is 13.5. The van der Waals surface area contributed by atoms with Crippen molar-refractivity contribution < 1.29 is 47.7 Å². The van der Waals surface area contributed by atoms with Crippen LogP contribution in [-0.2, 0) is 28.5 Å². The third kappa shape index (κ3) is 7.74. The van der Waals surface area contributed by atoms with Crippen molar-refractivity contribution in [2.24, 2.45) is 5.73 Å². The molecular weight excluding hydrogens is 674 g/mol. The molecule has 0 radical (unpaired) electrons. The normalized spacial score (nSPS) is 21.9. The second kappa shape index (κ2) is 14.8. The van der Waals surface area contributed by atoms with Gasteiger partial charge in [0.05, 0.1) is 22.3 Å². The maximum absolute atomic E-state index is 13.5. The molecule has 0 saturated carbocycles. The molecule has 5 rings (SSSR count). The quantitative estimate of drug-likeness (QED) is 0.142. The van der Waals surface area contributed by atoms with Crippen molar-refractivity contribution in [1.82, 2.24) is 0 Å². The molecule has 1 amide bonds. The van der Waals surface area contributed by atoms with E-state index in [2.05, 4.69) is 15.9 Å². The Morgan fingerprint density at radius 1 is 0.574 bits per heavy atom. The lowest BCUT2D eigenvalue weighted by Crippen LogP contribution is -2.69. The van der Waals surface area contributed by atoms with Crippen LogP contribution < -0.4 is 5.73 Å². The lowest BCUT2D eigenvalue weighted by atomic mass is 9.93. The van der Waals surface area contributed by atoms with Crippen molar-refractivity contribution in [3.05, 3.63) is 144 Å². The molecule has 5 atom stereocenters. The van der Waals surface area contributed by atoms with Gasteiger partial charge in [-0.05, 0) is 64.5 Å². The molecule has 0 unspecified atom stereocenters. The summed E-state index contributed by atoms with van der Waals surface area (Å²) in [5.74, 6) is -4.62. The Bertz CT molecular complexity index is 1720. The van der Waals surface area contributed by atoms with E-state index in [-0.39, 0.29) is 22.3 Å². The predicted molar refractivity (Wildman–Crippen MR) is 169 cm³/mol. The van der Waals surface area contributed by atoms with Crippen LogP contribution in [0, 0.1) is 0 Å². The van der Waals surface area contributed by atoms with Crippen LogP contribution in [0.4, 0.5) is 0 Å². The van der Waals surface area contributed by atoms with Crippen LogP contribution in [0.1, 0.15) is 41.4 Å². The number of halogens is 1. The van der Waals surface area contributed by atoms with Gasteiger partial charge in [-0.2, -0.15) is 0 Å². The summed E-state index contributed by atoms with van der Waals surface area (Å²) in [7, 11) is 0. The van der Waals surface area contributed by atoms with Gasteiger partial charge >= 0.3 is 23.9 Å². The molecule has 1 aliphatic heterocycles. The highest BCUT2D eigenvalue weighted by Crippen LogP contribution is 2.40. The Morgan fingerprint density at radius 2 is 0.936 bits per heavy atom. The van der Waals surface area contributed by atoms with E-state index in [4.69, 9.17) is 29.4 Å². The second-order valence-electron chi connectivity index (χ2n) is 10.3.